The van der Waals surface area contributed by atoms with Crippen LogP contribution >= 0.6 is 11.6 Å². The van der Waals surface area contributed by atoms with Crippen molar-refractivity contribution in [3.8, 4) is 0 Å². The van der Waals surface area contributed by atoms with Crippen molar-refractivity contribution < 1.29 is 15.0 Å². The van der Waals surface area contributed by atoms with Crippen molar-refractivity contribution >= 4 is 17.6 Å². The summed E-state index contributed by atoms with van der Waals surface area (Å²) in [5.74, 6) is -1.04. The molecule has 124 valence electrons. The number of carboxylic acid groups (broad SMARTS) is 1. The van der Waals surface area contributed by atoms with E-state index in [0.29, 0.717) is 10.6 Å². The van der Waals surface area contributed by atoms with Gasteiger partial charge in [-0.3, -0.25) is 4.79 Å². The number of aliphatic hydroxyl groups is 1. The Morgan fingerprint density at radius 1 is 1.26 bits per heavy atom. The van der Waals surface area contributed by atoms with Crippen molar-refractivity contribution in [1.82, 2.24) is 14.8 Å². The SMILES string of the molecule is CCC(CC)(C(=O)O)C(O)(Cn1cncn1)c1ccc(Cl)cc1. The van der Waals surface area contributed by atoms with Crippen molar-refractivity contribution in [3.63, 3.8) is 0 Å². The summed E-state index contributed by atoms with van der Waals surface area (Å²) in [4.78, 5) is 15.9. The van der Waals surface area contributed by atoms with Gasteiger partial charge >= 0.3 is 5.97 Å². The van der Waals surface area contributed by atoms with Crippen LogP contribution in [0.25, 0.3) is 0 Å². The van der Waals surface area contributed by atoms with Crippen molar-refractivity contribution in [1.29, 1.82) is 0 Å². The number of nitrogens with zero attached hydrogens (tertiary/aromatic N) is 3. The van der Waals surface area contributed by atoms with E-state index >= 15 is 0 Å². The van der Waals surface area contributed by atoms with E-state index in [4.69, 9.17) is 11.6 Å². The average Bonchev–Trinajstić information content (AvgIpc) is 3.02. The summed E-state index contributed by atoms with van der Waals surface area (Å²) in [7, 11) is 0. The van der Waals surface area contributed by atoms with Gasteiger partial charge in [-0.15, -0.1) is 0 Å². The van der Waals surface area contributed by atoms with Gasteiger partial charge in [0.05, 0.1) is 6.54 Å². The predicted molar refractivity (Wildman–Crippen MR) is 86.0 cm³/mol. The molecule has 1 unspecified atom stereocenters. The largest absolute Gasteiger partial charge is 0.481 e. The maximum atomic E-state index is 12.1. The lowest BCUT2D eigenvalue weighted by Gasteiger charge is -2.43. The maximum Gasteiger partial charge on any atom is 0.312 e. The van der Waals surface area contributed by atoms with Crippen molar-refractivity contribution in [2.75, 3.05) is 0 Å². The fraction of sp³-hybridized carbons (Fsp3) is 0.438. The van der Waals surface area contributed by atoms with Crippen LogP contribution in [0.2, 0.25) is 5.02 Å². The Hall–Kier alpha value is -1.92. The van der Waals surface area contributed by atoms with Gasteiger partial charge in [0.15, 0.2) is 0 Å². The summed E-state index contributed by atoms with van der Waals surface area (Å²) in [5.41, 5.74) is -2.52. The number of aromatic nitrogens is 3. The second kappa shape index (κ2) is 6.68. The highest BCUT2D eigenvalue weighted by molar-refractivity contribution is 6.30. The van der Waals surface area contributed by atoms with Gasteiger partial charge in [0.2, 0.25) is 0 Å². The second-order valence-corrected chi connectivity index (χ2v) is 5.99. The summed E-state index contributed by atoms with van der Waals surface area (Å²) in [5, 5.41) is 25.9. The van der Waals surface area contributed by atoms with Gasteiger partial charge in [-0.1, -0.05) is 37.6 Å². The molecule has 1 heterocycles. The summed E-state index contributed by atoms with van der Waals surface area (Å²) in [6.45, 7) is 3.52. The summed E-state index contributed by atoms with van der Waals surface area (Å²) >= 11 is 5.92. The predicted octanol–water partition coefficient (Wildman–Crippen LogP) is 2.71. The fourth-order valence-electron chi connectivity index (χ4n) is 3.11. The summed E-state index contributed by atoms with van der Waals surface area (Å²) < 4.78 is 1.44. The van der Waals surface area contributed by atoms with E-state index in [1.54, 1.807) is 38.1 Å². The van der Waals surface area contributed by atoms with Gasteiger partial charge in [-0.2, -0.15) is 5.10 Å². The third-order valence-electron chi connectivity index (χ3n) is 4.59. The summed E-state index contributed by atoms with van der Waals surface area (Å²) in [6.07, 6.45) is 3.35. The number of rotatable bonds is 7. The first-order valence-corrected chi connectivity index (χ1v) is 7.81. The van der Waals surface area contributed by atoms with Crippen LogP contribution in [0.1, 0.15) is 32.3 Å². The molecule has 1 aromatic heterocycles. The monoisotopic (exact) mass is 337 g/mol. The molecule has 0 bridgehead atoms. The van der Waals surface area contributed by atoms with Crippen LogP contribution in [-0.2, 0) is 16.9 Å². The molecule has 1 atom stereocenters. The number of benzene rings is 1. The van der Waals surface area contributed by atoms with Gasteiger partial charge in [0, 0.05) is 5.02 Å². The molecule has 7 heteroatoms. The zero-order valence-electron chi connectivity index (χ0n) is 13.1. The van der Waals surface area contributed by atoms with Crippen LogP contribution < -0.4 is 0 Å². The van der Waals surface area contributed by atoms with E-state index in [0.717, 1.165) is 0 Å². The zero-order valence-corrected chi connectivity index (χ0v) is 13.9. The molecular weight excluding hydrogens is 318 g/mol. The minimum absolute atomic E-state index is 0.0113. The Balaban J connectivity index is 2.62. The molecular formula is C16H20ClN3O3. The first-order chi connectivity index (χ1) is 10.9. The van der Waals surface area contributed by atoms with Crippen molar-refractivity contribution in [2.45, 2.75) is 38.8 Å². The number of carboxylic acids is 1. The molecule has 1 aromatic carbocycles. The highest BCUT2D eigenvalue weighted by atomic mass is 35.5. The first kappa shape index (κ1) is 17.4. The third kappa shape index (κ3) is 2.96. The maximum absolute atomic E-state index is 12.1. The van der Waals surface area contributed by atoms with Crippen LogP contribution in [0.3, 0.4) is 0 Å². The molecule has 0 radical (unpaired) electrons. The molecule has 0 saturated heterocycles. The van der Waals surface area contributed by atoms with Crippen LogP contribution in [0.5, 0.6) is 0 Å². The molecule has 2 N–H and O–H groups in total. The second-order valence-electron chi connectivity index (χ2n) is 5.55. The van der Waals surface area contributed by atoms with E-state index in [1.165, 1.54) is 17.3 Å². The van der Waals surface area contributed by atoms with Crippen LogP contribution in [0.15, 0.2) is 36.9 Å². The van der Waals surface area contributed by atoms with Gasteiger partial charge in [-0.25, -0.2) is 9.67 Å². The average molecular weight is 338 g/mol. The fourth-order valence-corrected chi connectivity index (χ4v) is 3.23. The molecule has 0 aliphatic carbocycles. The van der Waals surface area contributed by atoms with Crippen LogP contribution in [0.4, 0.5) is 0 Å². The number of hydrogen-bond acceptors (Lipinski definition) is 4. The zero-order chi connectivity index (χ0) is 17.1. The molecule has 0 fully saturated rings. The lowest BCUT2D eigenvalue weighted by Crippen LogP contribution is -2.53. The van der Waals surface area contributed by atoms with Gasteiger partial charge < -0.3 is 10.2 Å². The Bertz CT molecular complexity index is 654. The number of carbonyl (C=O) groups is 1. The quantitative estimate of drug-likeness (QED) is 0.811. The number of hydrogen-bond donors (Lipinski definition) is 2. The molecule has 6 nitrogen and oxygen atoms in total. The normalized spacial score (nSPS) is 14.4. The minimum Gasteiger partial charge on any atom is -0.481 e. The third-order valence-corrected chi connectivity index (χ3v) is 4.84. The summed E-state index contributed by atoms with van der Waals surface area (Å²) in [6, 6.07) is 6.59. The Labute approximate surface area is 139 Å². The highest BCUT2D eigenvalue weighted by Crippen LogP contribution is 2.47. The van der Waals surface area contributed by atoms with E-state index in [2.05, 4.69) is 10.1 Å². The van der Waals surface area contributed by atoms with Gasteiger partial charge in [0.1, 0.15) is 23.7 Å². The molecule has 0 saturated carbocycles. The molecule has 2 rings (SSSR count). The number of halogens is 1. The van der Waals surface area contributed by atoms with E-state index in [-0.39, 0.29) is 19.4 Å². The molecule has 0 aliphatic heterocycles. The minimum atomic E-state index is -1.65. The Morgan fingerprint density at radius 2 is 1.87 bits per heavy atom. The van der Waals surface area contributed by atoms with Crippen molar-refractivity contribution in [3.05, 3.63) is 47.5 Å². The standard InChI is InChI=1S/C16H20ClN3O3/c1-3-15(4-2,14(21)22)16(23,9-20-11-18-10-19-20)12-5-7-13(17)8-6-12/h5-8,10-11,23H,3-4,9H2,1-2H3,(H,21,22). The molecule has 0 spiro atoms. The van der Waals surface area contributed by atoms with E-state index in [1.807, 2.05) is 0 Å². The lowest BCUT2D eigenvalue weighted by atomic mass is 9.64. The molecule has 0 aliphatic rings. The first-order valence-electron chi connectivity index (χ1n) is 7.44. The van der Waals surface area contributed by atoms with E-state index < -0.39 is 17.0 Å². The Morgan fingerprint density at radius 3 is 2.30 bits per heavy atom. The number of aliphatic carboxylic acids is 1. The Kier molecular flexibility index (Phi) is 5.06. The smallest absolute Gasteiger partial charge is 0.312 e. The molecule has 0 amide bonds. The van der Waals surface area contributed by atoms with Crippen LogP contribution in [-0.4, -0.2) is 30.9 Å². The lowest BCUT2D eigenvalue weighted by molar-refractivity contribution is -0.177. The highest BCUT2D eigenvalue weighted by Gasteiger charge is 2.55. The topological polar surface area (TPSA) is 88.2 Å². The molecule has 2 aromatic rings. The van der Waals surface area contributed by atoms with E-state index in [9.17, 15) is 15.0 Å². The van der Waals surface area contributed by atoms with Gasteiger partial charge in [0.25, 0.3) is 0 Å². The molecule has 23 heavy (non-hydrogen) atoms. The van der Waals surface area contributed by atoms with Crippen molar-refractivity contribution in [2.24, 2.45) is 5.41 Å². The van der Waals surface area contributed by atoms with Gasteiger partial charge in [-0.05, 0) is 30.5 Å². The van der Waals surface area contributed by atoms with Crippen LogP contribution in [0, 0.1) is 5.41 Å².